The second kappa shape index (κ2) is 6.49. The van der Waals surface area contributed by atoms with Gasteiger partial charge in [-0.1, -0.05) is 6.07 Å². The van der Waals surface area contributed by atoms with Gasteiger partial charge in [-0.05, 0) is 67.8 Å². The molecular formula is C20H21N3O3S. The number of carbonyl (C=O) groups is 3. The standard InChI is InChI=1S/C20H21N3O3S/c1-12-5-6-14(10-13(12)2)21-17(24)11-23-18(25)20(22-19(23)26)8-3-4-16-15(20)7-9-27-16/h5-7,9-10H,3-4,8,11H2,1-2H3,(H,21,24)(H,22,26)/t20-/m1/s1. The number of carbonyl (C=O) groups excluding carboxylic acids is 3. The zero-order valence-corrected chi connectivity index (χ0v) is 16.1. The summed E-state index contributed by atoms with van der Waals surface area (Å²) in [7, 11) is 0. The van der Waals surface area contributed by atoms with Crippen LogP contribution in [0.15, 0.2) is 29.6 Å². The first-order valence-electron chi connectivity index (χ1n) is 8.99. The summed E-state index contributed by atoms with van der Waals surface area (Å²) in [6.07, 6.45) is 2.32. The second-order valence-electron chi connectivity index (χ2n) is 7.19. The van der Waals surface area contributed by atoms with Crippen LogP contribution in [0, 0.1) is 13.8 Å². The molecule has 1 aromatic carbocycles. The third kappa shape index (κ3) is 2.92. The molecular weight excluding hydrogens is 362 g/mol. The number of hydrogen-bond donors (Lipinski definition) is 2. The largest absolute Gasteiger partial charge is 0.325 e. The van der Waals surface area contributed by atoms with Crippen molar-refractivity contribution in [3.05, 3.63) is 51.2 Å². The van der Waals surface area contributed by atoms with E-state index < -0.39 is 11.6 Å². The lowest BCUT2D eigenvalue weighted by Gasteiger charge is -2.31. The van der Waals surface area contributed by atoms with E-state index in [9.17, 15) is 14.4 Å². The molecule has 2 aromatic rings. The van der Waals surface area contributed by atoms with Gasteiger partial charge in [0, 0.05) is 16.1 Å². The molecule has 0 radical (unpaired) electrons. The summed E-state index contributed by atoms with van der Waals surface area (Å²) in [6, 6.07) is 7.02. The number of rotatable bonds is 3. The quantitative estimate of drug-likeness (QED) is 0.800. The van der Waals surface area contributed by atoms with Gasteiger partial charge in [-0.2, -0.15) is 0 Å². The highest BCUT2D eigenvalue weighted by atomic mass is 32.1. The van der Waals surface area contributed by atoms with E-state index in [0.29, 0.717) is 12.1 Å². The van der Waals surface area contributed by atoms with E-state index in [2.05, 4.69) is 10.6 Å². The minimum atomic E-state index is -1.01. The molecule has 0 unspecified atom stereocenters. The third-order valence-corrected chi connectivity index (χ3v) is 6.41. The number of nitrogens with one attached hydrogen (secondary N) is 2. The average Bonchev–Trinajstić information content (AvgIpc) is 3.19. The van der Waals surface area contributed by atoms with E-state index in [-0.39, 0.29) is 18.4 Å². The lowest BCUT2D eigenvalue weighted by atomic mass is 9.80. The van der Waals surface area contributed by atoms with E-state index in [1.54, 1.807) is 11.3 Å². The van der Waals surface area contributed by atoms with Crippen molar-refractivity contribution in [2.75, 3.05) is 11.9 Å². The lowest BCUT2D eigenvalue weighted by molar-refractivity contribution is -0.134. The Morgan fingerprint density at radius 3 is 2.85 bits per heavy atom. The first-order chi connectivity index (χ1) is 12.9. The SMILES string of the molecule is Cc1ccc(NC(=O)CN2C(=O)N[C@@]3(CCCc4sccc43)C2=O)cc1C. The molecule has 2 N–H and O–H groups in total. The highest BCUT2D eigenvalue weighted by Gasteiger charge is 2.54. The van der Waals surface area contributed by atoms with Crippen molar-refractivity contribution in [1.82, 2.24) is 10.2 Å². The van der Waals surface area contributed by atoms with Crippen LogP contribution in [0.1, 0.15) is 34.4 Å². The predicted molar refractivity (Wildman–Crippen MR) is 104 cm³/mol. The number of anilines is 1. The van der Waals surface area contributed by atoms with Crippen molar-refractivity contribution in [2.45, 2.75) is 38.6 Å². The van der Waals surface area contributed by atoms with E-state index >= 15 is 0 Å². The summed E-state index contributed by atoms with van der Waals surface area (Å²) in [5, 5.41) is 7.58. The van der Waals surface area contributed by atoms with Crippen molar-refractivity contribution in [3.63, 3.8) is 0 Å². The van der Waals surface area contributed by atoms with Crippen LogP contribution in [0.2, 0.25) is 0 Å². The molecule has 1 saturated heterocycles. The fourth-order valence-corrected chi connectivity index (χ4v) is 4.85. The van der Waals surface area contributed by atoms with Gasteiger partial charge < -0.3 is 10.6 Å². The molecule has 2 heterocycles. The molecule has 7 heteroatoms. The summed E-state index contributed by atoms with van der Waals surface area (Å²) in [5.74, 6) is -0.720. The van der Waals surface area contributed by atoms with Gasteiger partial charge in [-0.25, -0.2) is 4.79 Å². The Morgan fingerprint density at radius 1 is 1.26 bits per heavy atom. The lowest BCUT2D eigenvalue weighted by Crippen LogP contribution is -2.46. The van der Waals surface area contributed by atoms with Crippen molar-refractivity contribution >= 4 is 34.9 Å². The van der Waals surface area contributed by atoms with Gasteiger partial charge >= 0.3 is 6.03 Å². The van der Waals surface area contributed by atoms with Crippen molar-refractivity contribution in [1.29, 1.82) is 0 Å². The molecule has 4 rings (SSSR count). The summed E-state index contributed by atoms with van der Waals surface area (Å²) in [4.78, 5) is 40.2. The number of benzene rings is 1. The Kier molecular flexibility index (Phi) is 4.26. The fourth-order valence-electron chi connectivity index (χ4n) is 3.85. The zero-order valence-electron chi connectivity index (χ0n) is 15.3. The maximum absolute atomic E-state index is 13.1. The van der Waals surface area contributed by atoms with E-state index in [4.69, 9.17) is 0 Å². The molecule has 140 valence electrons. The Balaban J connectivity index is 1.52. The van der Waals surface area contributed by atoms with Crippen LogP contribution >= 0.6 is 11.3 Å². The molecule has 1 aliphatic carbocycles. The predicted octanol–water partition coefficient (Wildman–Crippen LogP) is 3.09. The molecule has 4 amide bonds. The Hall–Kier alpha value is -2.67. The average molecular weight is 383 g/mol. The van der Waals surface area contributed by atoms with Gasteiger partial charge in [0.2, 0.25) is 5.91 Å². The number of thiophene rings is 1. The van der Waals surface area contributed by atoms with Gasteiger partial charge in [0.15, 0.2) is 0 Å². The van der Waals surface area contributed by atoms with Gasteiger partial charge in [0.05, 0.1) is 0 Å². The first kappa shape index (κ1) is 17.7. The highest BCUT2D eigenvalue weighted by Crippen LogP contribution is 2.42. The van der Waals surface area contributed by atoms with Crippen LogP contribution in [0.4, 0.5) is 10.5 Å². The minimum absolute atomic E-state index is 0.293. The smallest absolute Gasteiger partial charge is 0.325 e. The summed E-state index contributed by atoms with van der Waals surface area (Å²) >= 11 is 1.61. The summed E-state index contributed by atoms with van der Waals surface area (Å²) in [6.45, 7) is 3.67. The van der Waals surface area contributed by atoms with Crippen molar-refractivity contribution in [2.24, 2.45) is 0 Å². The maximum atomic E-state index is 13.1. The van der Waals surface area contributed by atoms with Gasteiger partial charge in [0.1, 0.15) is 12.1 Å². The molecule has 27 heavy (non-hydrogen) atoms. The molecule has 2 aliphatic rings. The number of urea groups is 1. The molecule has 1 fully saturated rings. The third-order valence-electron chi connectivity index (χ3n) is 5.43. The van der Waals surface area contributed by atoms with Crippen LogP contribution in [-0.2, 0) is 21.5 Å². The highest BCUT2D eigenvalue weighted by molar-refractivity contribution is 7.10. The zero-order chi connectivity index (χ0) is 19.2. The number of amides is 4. The van der Waals surface area contributed by atoms with E-state index in [1.807, 2.05) is 43.5 Å². The Labute approximate surface area is 161 Å². The summed E-state index contributed by atoms with van der Waals surface area (Å²) in [5.41, 5.74) is 2.73. The Bertz CT molecular complexity index is 952. The molecule has 1 spiro atoms. The molecule has 6 nitrogen and oxygen atoms in total. The summed E-state index contributed by atoms with van der Waals surface area (Å²) < 4.78 is 0. The monoisotopic (exact) mass is 383 g/mol. The maximum Gasteiger partial charge on any atom is 0.325 e. The fraction of sp³-hybridized carbons (Fsp3) is 0.350. The van der Waals surface area contributed by atoms with Crippen LogP contribution in [0.25, 0.3) is 0 Å². The number of nitrogens with zero attached hydrogens (tertiary/aromatic N) is 1. The number of fused-ring (bicyclic) bond motifs is 2. The topological polar surface area (TPSA) is 78.5 Å². The normalized spacial score (nSPS) is 21.3. The van der Waals surface area contributed by atoms with E-state index in [0.717, 1.165) is 39.3 Å². The van der Waals surface area contributed by atoms with Crippen molar-refractivity contribution in [3.8, 4) is 0 Å². The van der Waals surface area contributed by atoms with Crippen LogP contribution in [0.5, 0.6) is 0 Å². The van der Waals surface area contributed by atoms with Gasteiger partial charge in [-0.3, -0.25) is 14.5 Å². The molecule has 1 aromatic heterocycles. The van der Waals surface area contributed by atoms with Gasteiger partial charge in [-0.15, -0.1) is 11.3 Å². The van der Waals surface area contributed by atoms with E-state index in [1.165, 1.54) is 0 Å². The molecule has 1 atom stereocenters. The Morgan fingerprint density at radius 2 is 2.07 bits per heavy atom. The second-order valence-corrected chi connectivity index (χ2v) is 8.19. The minimum Gasteiger partial charge on any atom is -0.325 e. The van der Waals surface area contributed by atoms with Crippen LogP contribution in [0.3, 0.4) is 0 Å². The number of imide groups is 1. The van der Waals surface area contributed by atoms with Crippen LogP contribution in [-0.4, -0.2) is 29.3 Å². The first-order valence-corrected chi connectivity index (χ1v) is 9.87. The molecule has 1 aliphatic heterocycles. The van der Waals surface area contributed by atoms with Crippen LogP contribution < -0.4 is 10.6 Å². The van der Waals surface area contributed by atoms with Gasteiger partial charge in [0.25, 0.3) is 5.91 Å². The number of aryl methyl sites for hydroxylation is 3. The number of hydrogen-bond acceptors (Lipinski definition) is 4. The molecule has 0 saturated carbocycles. The molecule has 0 bridgehead atoms. The van der Waals surface area contributed by atoms with Crippen molar-refractivity contribution < 1.29 is 14.4 Å².